The summed E-state index contributed by atoms with van der Waals surface area (Å²) < 4.78 is 0. The number of nitrogens with one attached hydrogen (secondary N) is 3. The van der Waals surface area contributed by atoms with Gasteiger partial charge in [0.15, 0.2) is 0 Å². The SMILES string of the molecule is O=C(Nc1ccc2c(c1)CNCCC2)c1cc(=O)[nH]c2c1CCCC2. The summed E-state index contributed by atoms with van der Waals surface area (Å²) >= 11 is 0. The molecule has 130 valence electrons. The Labute approximate surface area is 146 Å². The van der Waals surface area contributed by atoms with E-state index in [0.717, 1.165) is 68.6 Å². The minimum atomic E-state index is -0.197. The van der Waals surface area contributed by atoms with Crippen molar-refractivity contribution in [2.24, 2.45) is 0 Å². The van der Waals surface area contributed by atoms with Crippen LogP contribution in [0.3, 0.4) is 0 Å². The molecule has 1 aromatic heterocycles. The van der Waals surface area contributed by atoms with Crippen molar-refractivity contribution in [3.8, 4) is 0 Å². The molecule has 5 nitrogen and oxygen atoms in total. The first-order chi connectivity index (χ1) is 12.2. The first-order valence-corrected chi connectivity index (χ1v) is 9.09. The number of rotatable bonds is 2. The molecule has 2 aliphatic rings. The zero-order valence-corrected chi connectivity index (χ0v) is 14.3. The highest BCUT2D eigenvalue weighted by Crippen LogP contribution is 2.24. The van der Waals surface area contributed by atoms with Crippen LogP contribution in [0, 0.1) is 0 Å². The molecule has 2 heterocycles. The molecule has 0 saturated heterocycles. The molecule has 25 heavy (non-hydrogen) atoms. The average Bonchev–Trinajstić information content (AvgIpc) is 2.85. The van der Waals surface area contributed by atoms with E-state index in [0.29, 0.717) is 5.56 Å². The van der Waals surface area contributed by atoms with E-state index in [2.05, 4.69) is 21.7 Å². The van der Waals surface area contributed by atoms with E-state index in [1.54, 1.807) is 0 Å². The summed E-state index contributed by atoms with van der Waals surface area (Å²) in [5, 5.41) is 6.39. The van der Waals surface area contributed by atoms with Crippen LogP contribution in [0.25, 0.3) is 0 Å². The summed E-state index contributed by atoms with van der Waals surface area (Å²) in [7, 11) is 0. The molecule has 3 N–H and O–H groups in total. The Morgan fingerprint density at radius 2 is 1.88 bits per heavy atom. The van der Waals surface area contributed by atoms with Crippen LogP contribution in [-0.2, 0) is 25.8 Å². The summed E-state index contributed by atoms with van der Waals surface area (Å²) in [5.74, 6) is -0.189. The maximum atomic E-state index is 12.8. The van der Waals surface area contributed by atoms with Gasteiger partial charge in [0.1, 0.15) is 0 Å². The average molecular weight is 337 g/mol. The normalized spacial score (nSPS) is 16.5. The Morgan fingerprint density at radius 1 is 1.00 bits per heavy atom. The standard InChI is InChI=1S/C20H23N3O2/c24-19-11-17(16-5-1-2-6-18(16)23-19)20(25)22-15-8-7-13-4-3-9-21-12-14(13)10-15/h7-8,10-11,21H,1-6,9,12H2,(H,22,25)(H,23,24). The van der Waals surface area contributed by atoms with E-state index < -0.39 is 0 Å². The van der Waals surface area contributed by atoms with Crippen molar-refractivity contribution in [3.05, 3.63) is 62.6 Å². The lowest BCUT2D eigenvalue weighted by molar-refractivity contribution is 0.102. The van der Waals surface area contributed by atoms with Crippen molar-refractivity contribution < 1.29 is 4.79 Å². The van der Waals surface area contributed by atoms with Gasteiger partial charge in [0.25, 0.3) is 5.91 Å². The molecular formula is C20H23N3O2. The van der Waals surface area contributed by atoms with E-state index in [4.69, 9.17) is 0 Å². The molecule has 1 aliphatic heterocycles. The van der Waals surface area contributed by atoms with Crippen LogP contribution >= 0.6 is 0 Å². The second-order valence-corrected chi connectivity index (χ2v) is 6.93. The van der Waals surface area contributed by atoms with Crippen molar-refractivity contribution in [2.75, 3.05) is 11.9 Å². The van der Waals surface area contributed by atoms with E-state index >= 15 is 0 Å². The molecule has 4 rings (SSSR count). The largest absolute Gasteiger partial charge is 0.326 e. The quantitative estimate of drug-likeness (QED) is 0.788. The summed E-state index contributed by atoms with van der Waals surface area (Å²) in [6, 6.07) is 7.54. The molecule has 0 saturated carbocycles. The zero-order chi connectivity index (χ0) is 17.2. The van der Waals surface area contributed by atoms with Gasteiger partial charge in [-0.15, -0.1) is 0 Å². The molecule has 2 aromatic rings. The number of H-pyrrole nitrogens is 1. The highest BCUT2D eigenvalue weighted by Gasteiger charge is 2.20. The van der Waals surface area contributed by atoms with Crippen LogP contribution in [-0.4, -0.2) is 17.4 Å². The molecule has 0 unspecified atom stereocenters. The van der Waals surface area contributed by atoms with E-state index in [1.165, 1.54) is 17.2 Å². The summed E-state index contributed by atoms with van der Waals surface area (Å²) in [5.41, 5.74) is 5.62. The number of amides is 1. The number of pyridine rings is 1. The molecule has 0 spiro atoms. The Kier molecular flexibility index (Phi) is 4.40. The van der Waals surface area contributed by atoms with Gasteiger partial charge in [0, 0.05) is 24.0 Å². The predicted octanol–water partition coefficient (Wildman–Crippen LogP) is 2.54. The lowest BCUT2D eigenvalue weighted by Gasteiger charge is -2.18. The molecular weight excluding hydrogens is 314 g/mol. The smallest absolute Gasteiger partial charge is 0.256 e. The fourth-order valence-corrected chi connectivity index (χ4v) is 3.88. The number of benzene rings is 1. The van der Waals surface area contributed by atoms with Crippen LogP contribution in [0.2, 0.25) is 0 Å². The van der Waals surface area contributed by atoms with E-state index in [9.17, 15) is 9.59 Å². The molecule has 0 atom stereocenters. The lowest BCUT2D eigenvalue weighted by Crippen LogP contribution is -2.23. The molecule has 0 radical (unpaired) electrons. The molecule has 5 heteroatoms. The third kappa shape index (κ3) is 3.37. The maximum Gasteiger partial charge on any atom is 0.256 e. The van der Waals surface area contributed by atoms with Crippen LogP contribution in [0.15, 0.2) is 29.1 Å². The van der Waals surface area contributed by atoms with Crippen molar-refractivity contribution in [3.63, 3.8) is 0 Å². The summed E-state index contributed by atoms with van der Waals surface area (Å²) in [6.45, 7) is 1.86. The second-order valence-electron chi connectivity index (χ2n) is 6.93. The number of hydrogen-bond donors (Lipinski definition) is 3. The number of hydrogen-bond acceptors (Lipinski definition) is 3. The number of anilines is 1. The van der Waals surface area contributed by atoms with Gasteiger partial charge in [-0.1, -0.05) is 6.07 Å². The molecule has 1 aromatic carbocycles. The van der Waals surface area contributed by atoms with Crippen LogP contribution < -0.4 is 16.2 Å². The topological polar surface area (TPSA) is 74.0 Å². The Hall–Kier alpha value is -2.40. The minimum Gasteiger partial charge on any atom is -0.326 e. The van der Waals surface area contributed by atoms with Gasteiger partial charge >= 0.3 is 0 Å². The highest BCUT2D eigenvalue weighted by molar-refractivity contribution is 6.05. The third-order valence-corrected chi connectivity index (χ3v) is 5.17. The van der Waals surface area contributed by atoms with Crippen LogP contribution in [0.5, 0.6) is 0 Å². The van der Waals surface area contributed by atoms with Crippen LogP contribution in [0.4, 0.5) is 5.69 Å². The first kappa shape index (κ1) is 16.1. The maximum absolute atomic E-state index is 12.8. The van der Waals surface area contributed by atoms with Crippen molar-refractivity contribution >= 4 is 11.6 Å². The fraction of sp³-hybridized carbons (Fsp3) is 0.400. The Morgan fingerprint density at radius 3 is 2.80 bits per heavy atom. The van der Waals surface area contributed by atoms with Gasteiger partial charge in [-0.25, -0.2) is 0 Å². The Bertz CT molecular complexity index is 870. The minimum absolute atomic E-state index is 0.189. The number of aryl methyl sites for hydroxylation is 2. The zero-order valence-electron chi connectivity index (χ0n) is 14.3. The lowest BCUT2D eigenvalue weighted by atomic mass is 9.92. The number of aromatic nitrogens is 1. The van der Waals surface area contributed by atoms with Gasteiger partial charge in [0.2, 0.25) is 5.56 Å². The molecule has 1 aliphatic carbocycles. The van der Waals surface area contributed by atoms with Gasteiger partial charge in [-0.05, 0) is 73.9 Å². The van der Waals surface area contributed by atoms with Gasteiger partial charge in [-0.2, -0.15) is 0 Å². The monoisotopic (exact) mass is 337 g/mol. The Balaban J connectivity index is 1.62. The van der Waals surface area contributed by atoms with Crippen molar-refractivity contribution in [2.45, 2.75) is 45.1 Å². The molecule has 0 bridgehead atoms. The van der Waals surface area contributed by atoms with Crippen molar-refractivity contribution in [1.82, 2.24) is 10.3 Å². The van der Waals surface area contributed by atoms with Gasteiger partial charge in [0.05, 0.1) is 5.56 Å². The third-order valence-electron chi connectivity index (χ3n) is 5.17. The fourth-order valence-electron chi connectivity index (χ4n) is 3.88. The number of carbonyl (C=O) groups excluding carboxylic acids is 1. The first-order valence-electron chi connectivity index (χ1n) is 9.09. The summed E-state index contributed by atoms with van der Waals surface area (Å²) in [6.07, 6.45) is 6.02. The number of fused-ring (bicyclic) bond motifs is 2. The number of carbonyl (C=O) groups is 1. The van der Waals surface area contributed by atoms with Gasteiger partial charge in [-0.3, -0.25) is 9.59 Å². The number of aromatic amines is 1. The van der Waals surface area contributed by atoms with E-state index in [-0.39, 0.29) is 11.5 Å². The van der Waals surface area contributed by atoms with Gasteiger partial charge < -0.3 is 15.6 Å². The highest BCUT2D eigenvalue weighted by atomic mass is 16.2. The second kappa shape index (κ2) is 6.84. The predicted molar refractivity (Wildman–Crippen MR) is 98.1 cm³/mol. The van der Waals surface area contributed by atoms with E-state index in [1.807, 2.05) is 12.1 Å². The van der Waals surface area contributed by atoms with Crippen LogP contribution in [0.1, 0.15) is 52.0 Å². The summed E-state index contributed by atoms with van der Waals surface area (Å²) in [4.78, 5) is 27.6. The molecule has 0 fully saturated rings. The van der Waals surface area contributed by atoms with Crippen molar-refractivity contribution in [1.29, 1.82) is 0 Å². The molecule has 1 amide bonds.